The van der Waals surface area contributed by atoms with Crippen LogP contribution in [0.4, 0.5) is 0 Å². The van der Waals surface area contributed by atoms with E-state index in [1.165, 1.54) is 18.5 Å². The maximum absolute atomic E-state index is 6.34. The second kappa shape index (κ2) is 23.5. The summed E-state index contributed by atoms with van der Waals surface area (Å²) in [4.78, 5) is 0. The molecule has 0 N–H and O–H groups in total. The van der Waals surface area contributed by atoms with Crippen LogP contribution >= 0.6 is 0 Å². The highest BCUT2D eigenvalue weighted by atomic mass is 28.4. The third kappa shape index (κ3) is 25.2. The van der Waals surface area contributed by atoms with Crippen molar-refractivity contribution >= 4 is 16.4 Å². The average molecular weight is 527 g/mol. The summed E-state index contributed by atoms with van der Waals surface area (Å²) in [6.45, 7) is 19.5. The molecule has 0 saturated carbocycles. The molecule has 8 nitrogen and oxygen atoms in total. The molecule has 0 aliphatic heterocycles. The molecule has 0 rings (SSSR count). The van der Waals surface area contributed by atoms with E-state index in [2.05, 4.69) is 33.1 Å². The van der Waals surface area contributed by atoms with E-state index in [9.17, 15) is 0 Å². The Morgan fingerprint density at radius 1 is 0.500 bits per heavy atom. The number of ether oxygens (including phenoxy) is 7. The number of hydrogen-bond donors (Lipinski definition) is 0. The summed E-state index contributed by atoms with van der Waals surface area (Å²) < 4.78 is 44.2. The Morgan fingerprint density at radius 3 is 1.26 bits per heavy atom. The van der Waals surface area contributed by atoms with Crippen LogP contribution in [0, 0.1) is 0 Å². The van der Waals surface area contributed by atoms with Gasteiger partial charge in [-0.15, -0.1) is 0 Å². The van der Waals surface area contributed by atoms with Gasteiger partial charge in [0.15, 0.2) is 8.32 Å². The van der Waals surface area contributed by atoms with Gasteiger partial charge in [0, 0.05) is 19.9 Å². The van der Waals surface area contributed by atoms with E-state index in [1.807, 2.05) is 0 Å². The summed E-state index contributed by atoms with van der Waals surface area (Å²) >= 11 is 0. The average Bonchev–Trinajstić information content (AvgIpc) is 2.79. The fourth-order valence-corrected chi connectivity index (χ4v) is 8.85. The fourth-order valence-electron chi connectivity index (χ4n) is 3.13. The lowest BCUT2D eigenvalue weighted by Crippen LogP contribution is -2.40. The maximum Gasteiger partial charge on any atom is 0.186 e. The summed E-state index contributed by atoms with van der Waals surface area (Å²) in [6, 6.07) is 2.50. The standard InChI is InChI=1S/C24H54O8Si2/c1-7-22-34(5,6)32-24-33(3,4)23-8-9-26-12-13-28-16-17-30-20-21-31-19-18-29-15-14-27-11-10-25-2/h7-24H2,1-6H3. The van der Waals surface area contributed by atoms with Crippen LogP contribution in [0.2, 0.25) is 38.3 Å². The van der Waals surface area contributed by atoms with Crippen molar-refractivity contribution in [1.29, 1.82) is 0 Å². The first-order chi connectivity index (χ1) is 16.3. The van der Waals surface area contributed by atoms with Gasteiger partial charge in [-0.05, 0) is 25.6 Å². The predicted octanol–water partition coefficient (Wildman–Crippen LogP) is 4.00. The Morgan fingerprint density at radius 2 is 0.882 bits per heavy atom. The molecule has 0 atom stereocenters. The van der Waals surface area contributed by atoms with Crippen LogP contribution in [0.1, 0.15) is 19.8 Å². The summed E-state index contributed by atoms with van der Waals surface area (Å²) in [5.41, 5.74) is 0. The van der Waals surface area contributed by atoms with Crippen molar-refractivity contribution in [1.82, 2.24) is 0 Å². The van der Waals surface area contributed by atoms with Crippen LogP contribution in [-0.4, -0.2) is 116 Å². The maximum atomic E-state index is 6.34. The zero-order valence-corrected chi connectivity index (χ0v) is 25.0. The minimum atomic E-state index is -1.45. The number of methoxy groups -OCH3 is 1. The molecule has 0 radical (unpaired) electrons. The van der Waals surface area contributed by atoms with Gasteiger partial charge in [-0.25, -0.2) is 0 Å². The van der Waals surface area contributed by atoms with Gasteiger partial charge < -0.3 is 37.6 Å². The summed E-state index contributed by atoms with van der Waals surface area (Å²) in [5, 5.41) is 0. The second-order valence-electron chi connectivity index (χ2n) is 9.73. The zero-order chi connectivity index (χ0) is 25.4. The van der Waals surface area contributed by atoms with Gasteiger partial charge >= 0.3 is 0 Å². The third-order valence-corrected chi connectivity index (χ3v) is 10.7. The Bertz CT molecular complexity index is 428. The Balaban J connectivity index is 3.29. The lowest BCUT2D eigenvalue weighted by molar-refractivity contribution is -0.0190. The molecule has 0 aliphatic carbocycles. The van der Waals surface area contributed by atoms with Crippen LogP contribution in [0.3, 0.4) is 0 Å². The quantitative estimate of drug-likeness (QED) is 0.117. The first-order valence-corrected chi connectivity index (χ1v) is 19.5. The van der Waals surface area contributed by atoms with Crippen LogP contribution in [-0.2, 0) is 37.6 Å². The van der Waals surface area contributed by atoms with Crippen molar-refractivity contribution < 1.29 is 37.6 Å². The van der Waals surface area contributed by atoms with Crippen molar-refractivity contribution in [3.05, 3.63) is 0 Å². The third-order valence-electron chi connectivity index (χ3n) is 5.14. The highest BCUT2D eigenvalue weighted by Crippen LogP contribution is 2.19. The molecular formula is C24H54O8Si2. The Kier molecular flexibility index (Phi) is 23.6. The van der Waals surface area contributed by atoms with E-state index in [-0.39, 0.29) is 0 Å². The lowest BCUT2D eigenvalue weighted by atomic mass is 10.5. The molecule has 0 saturated heterocycles. The molecule has 0 aliphatic rings. The smallest absolute Gasteiger partial charge is 0.186 e. The van der Waals surface area contributed by atoms with E-state index in [4.69, 9.17) is 37.6 Å². The Hall–Kier alpha value is 0.114. The van der Waals surface area contributed by atoms with Crippen LogP contribution in [0.5, 0.6) is 0 Å². The number of rotatable bonds is 27. The molecule has 0 heterocycles. The van der Waals surface area contributed by atoms with Gasteiger partial charge in [0.25, 0.3) is 0 Å². The molecule has 0 bridgehead atoms. The van der Waals surface area contributed by atoms with Crippen molar-refractivity contribution in [2.75, 3.05) is 99.2 Å². The molecule has 34 heavy (non-hydrogen) atoms. The molecule has 206 valence electrons. The topological polar surface area (TPSA) is 73.8 Å². The molecule has 0 aromatic carbocycles. The summed E-state index contributed by atoms with van der Waals surface area (Å²) in [7, 11) is -1.10. The highest BCUT2D eigenvalue weighted by molar-refractivity contribution is 6.79. The van der Waals surface area contributed by atoms with Gasteiger partial charge in [0.1, 0.15) is 0 Å². The van der Waals surface area contributed by atoms with Gasteiger partial charge in [0.05, 0.1) is 87.4 Å². The zero-order valence-electron chi connectivity index (χ0n) is 23.0. The summed E-state index contributed by atoms with van der Waals surface area (Å²) in [5.74, 6) is 0. The molecule has 0 aromatic heterocycles. The van der Waals surface area contributed by atoms with Crippen molar-refractivity contribution in [3.8, 4) is 0 Å². The van der Waals surface area contributed by atoms with E-state index in [1.54, 1.807) is 7.11 Å². The molecule has 0 fully saturated rings. The molecule has 0 unspecified atom stereocenters. The monoisotopic (exact) mass is 526 g/mol. The molecule has 10 heteroatoms. The van der Waals surface area contributed by atoms with E-state index >= 15 is 0 Å². The first-order valence-electron chi connectivity index (χ1n) is 12.9. The fraction of sp³-hybridized carbons (Fsp3) is 1.00. The van der Waals surface area contributed by atoms with E-state index in [0.717, 1.165) is 19.3 Å². The van der Waals surface area contributed by atoms with Crippen LogP contribution in [0.25, 0.3) is 0 Å². The predicted molar refractivity (Wildman–Crippen MR) is 142 cm³/mol. The molecule has 0 aromatic rings. The highest BCUT2D eigenvalue weighted by Gasteiger charge is 2.27. The van der Waals surface area contributed by atoms with Gasteiger partial charge in [-0.3, -0.25) is 0 Å². The molecule has 0 amide bonds. The van der Waals surface area contributed by atoms with Crippen molar-refractivity contribution in [2.24, 2.45) is 0 Å². The van der Waals surface area contributed by atoms with Crippen molar-refractivity contribution in [3.63, 3.8) is 0 Å². The van der Waals surface area contributed by atoms with E-state index < -0.39 is 16.4 Å². The largest absolute Gasteiger partial charge is 0.421 e. The first kappa shape index (κ1) is 34.1. The van der Waals surface area contributed by atoms with Gasteiger partial charge in [-0.2, -0.15) is 0 Å². The van der Waals surface area contributed by atoms with Gasteiger partial charge in [-0.1, -0.05) is 32.5 Å². The Labute approximate surface area is 211 Å². The number of hydrogen-bond acceptors (Lipinski definition) is 8. The normalized spacial score (nSPS) is 12.5. The lowest BCUT2D eigenvalue weighted by Gasteiger charge is -2.29. The van der Waals surface area contributed by atoms with Crippen LogP contribution in [0.15, 0.2) is 0 Å². The minimum absolute atomic E-state index is 0.555. The van der Waals surface area contributed by atoms with Crippen LogP contribution < -0.4 is 0 Å². The minimum Gasteiger partial charge on any atom is -0.421 e. The molecular weight excluding hydrogens is 472 g/mol. The molecule has 0 spiro atoms. The SMILES string of the molecule is CCC[Si](C)(C)OC[Si](C)(C)CCCOCCOCCOCCOCCOCCOCCOC. The van der Waals surface area contributed by atoms with E-state index in [0.29, 0.717) is 79.3 Å². The second-order valence-corrected chi connectivity index (χ2v) is 19.2. The van der Waals surface area contributed by atoms with Crippen molar-refractivity contribution in [2.45, 2.75) is 58.0 Å². The van der Waals surface area contributed by atoms with Gasteiger partial charge in [0.2, 0.25) is 0 Å². The summed E-state index contributed by atoms with van der Waals surface area (Å²) in [6.07, 6.45) is 3.31.